The van der Waals surface area contributed by atoms with Gasteiger partial charge in [-0.3, -0.25) is 14.8 Å². The van der Waals surface area contributed by atoms with Gasteiger partial charge in [-0.25, -0.2) is 4.39 Å². The molecule has 0 N–H and O–H groups in total. The maximum Gasteiger partial charge on any atom is 0.258 e. The smallest absolute Gasteiger partial charge is 0.258 e. The number of fused-ring (bicyclic) bond motifs is 1. The molecule has 1 unspecified atom stereocenters. The summed E-state index contributed by atoms with van der Waals surface area (Å²) < 4.78 is 25.4. The Bertz CT molecular complexity index is 1210. The number of hydrogen-bond acceptors (Lipinski definition) is 5. The van der Waals surface area contributed by atoms with Crippen LogP contribution in [0.1, 0.15) is 47.3 Å². The lowest BCUT2D eigenvalue weighted by molar-refractivity contribution is 0.0762. The number of benzene rings is 2. The Hall–Kier alpha value is -3.74. The van der Waals surface area contributed by atoms with Crippen molar-refractivity contribution in [3.63, 3.8) is 0 Å². The Balaban J connectivity index is 1.72. The number of hydrogen-bond donors (Lipinski definition) is 0. The Morgan fingerprint density at radius 2 is 1.88 bits per heavy atom. The summed E-state index contributed by atoms with van der Waals surface area (Å²) in [7, 11) is 3.06. The van der Waals surface area contributed by atoms with Gasteiger partial charge in [0.15, 0.2) is 0 Å². The van der Waals surface area contributed by atoms with Crippen molar-refractivity contribution in [2.45, 2.75) is 32.2 Å². The van der Waals surface area contributed by atoms with Crippen LogP contribution in [0.25, 0.3) is 0 Å². The third-order valence-corrected chi connectivity index (χ3v) is 5.99. The van der Waals surface area contributed by atoms with Crippen LogP contribution in [-0.2, 0) is 6.54 Å². The van der Waals surface area contributed by atoms with Crippen LogP contribution < -0.4 is 9.47 Å². The molecular formula is C27H28FN3O3. The average molecular weight is 462 g/mol. The zero-order valence-corrected chi connectivity index (χ0v) is 19.6. The molecule has 1 atom stereocenters. The highest BCUT2D eigenvalue weighted by molar-refractivity contribution is 6.03. The number of methoxy groups -OCH3 is 2. The molecule has 0 aliphatic carbocycles. The fourth-order valence-electron chi connectivity index (χ4n) is 4.28. The molecule has 0 radical (unpaired) electrons. The summed E-state index contributed by atoms with van der Waals surface area (Å²) in [5, 5.41) is 0. The van der Waals surface area contributed by atoms with Crippen LogP contribution in [0.3, 0.4) is 0 Å². The van der Waals surface area contributed by atoms with Gasteiger partial charge in [0, 0.05) is 29.9 Å². The van der Waals surface area contributed by atoms with E-state index in [2.05, 4.69) is 11.9 Å². The van der Waals surface area contributed by atoms with E-state index in [1.165, 1.54) is 13.2 Å². The van der Waals surface area contributed by atoms with E-state index in [1.54, 1.807) is 54.6 Å². The Labute approximate surface area is 199 Å². The third kappa shape index (κ3) is 4.78. The fraction of sp³-hybridized carbons (Fsp3) is 0.296. The number of aliphatic imine (C=N–C) groups is 1. The molecule has 1 aliphatic heterocycles. The molecule has 1 amide bonds. The Morgan fingerprint density at radius 1 is 1.06 bits per heavy atom. The molecule has 0 saturated carbocycles. The van der Waals surface area contributed by atoms with Gasteiger partial charge in [-0.15, -0.1) is 0 Å². The summed E-state index contributed by atoms with van der Waals surface area (Å²) in [4.78, 5) is 24.8. The predicted molar refractivity (Wildman–Crippen MR) is 130 cm³/mol. The van der Waals surface area contributed by atoms with Crippen LogP contribution in [0.5, 0.6) is 11.5 Å². The van der Waals surface area contributed by atoms with Crippen LogP contribution in [0, 0.1) is 5.82 Å². The van der Waals surface area contributed by atoms with E-state index in [0.717, 1.165) is 29.9 Å². The van der Waals surface area contributed by atoms with Crippen LogP contribution in [0.4, 0.5) is 10.1 Å². The Morgan fingerprint density at radius 3 is 2.62 bits per heavy atom. The number of amides is 1. The van der Waals surface area contributed by atoms with Gasteiger partial charge in [0.25, 0.3) is 5.91 Å². The first kappa shape index (κ1) is 23.4. The van der Waals surface area contributed by atoms with E-state index in [9.17, 15) is 9.18 Å². The molecule has 2 aromatic carbocycles. The number of halogens is 1. The zero-order valence-electron chi connectivity index (χ0n) is 19.6. The molecule has 0 fully saturated rings. The van der Waals surface area contributed by atoms with Crippen molar-refractivity contribution in [3.8, 4) is 11.5 Å². The number of carbonyl (C=O) groups excluding carboxylic acids is 1. The van der Waals surface area contributed by atoms with Gasteiger partial charge in [0.1, 0.15) is 17.3 Å². The fourth-order valence-corrected chi connectivity index (χ4v) is 4.28. The van der Waals surface area contributed by atoms with Crippen LogP contribution in [0.15, 0.2) is 65.8 Å². The number of ether oxygens (including phenoxy) is 2. The second-order valence-electron chi connectivity index (χ2n) is 8.17. The number of carbonyl (C=O) groups is 1. The number of rotatable bonds is 9. The lowest BCUT2D eigenvalue weighted by Crippen LogP contribution is -2.37. The molecule has 34 heavy (non-hydrogen) atoms. The van der Waals surface area contributed by atoms with E-state index >= 15 is 0 Å². The molecule has 2 heterocycles. The highest BCUT2D eigenvalue weighted by atomic mass is 19.1. The van der Waals surface area contributed by atoms with Crippen molar-refractivity contribution >= 4 is 17.3 Å². The average Bonchev–Trinajstić information content (AvgIpc) is 3.21. The molecule has 176 valence electrons. The summed E-state index contributed by atoms with van der Waals surface area (Å²) in [5.41, 5.74) is 3.38. The molecule has 0 saturated heterocycles. The lowest BCUT2D eigenvalue weighted by Gasteiger charge is -2.26. The minimum absolute atomic E-state index is 0.0179. The Kier molecular flexibility index (Phi) is 7.21. The SMILES string of the molecule is CCCC1C(CN(Cc2ccccc2F)C(=O)c2cc(OC)ccc2OC)=Nc2cccnc21. The van der Waals surface area contributed by atoms with Gasteiger partial charge < -0.3 is 14.4 Å². The number of aromatic nitrogens is 1. The van der Waals surface area contributed by atoms with Gasteiger partial charge >= 0.3 is 0 Å². The number of nitrogens with zero attached hydrogens (tertiary/aromatic N) is 3. The number of pyridine rings is 1. The summed E-state index contributed by atoms with van der Waals surface area (Å²) in [6, 6.07) is 15.4. The van der Waals surface area contributed by atoms with Gasteiger partial charge in [0.05, 0.1) is 37.7 Å². The van der Waals surface area contributed by atoms with Crippen molar-refractivity contribution in [2.24, 2.45) is 4.99 Å². The summed E-state index contributed by atoms with van der Waals surface area (Å²) in [5.74, 6) is 0.327. The van der Waals surface area contributed by atoms with Crippen molar-refractivity contribution in [2.75, 3.05) is 20.8 Å². The van der Waals surface area contributed by atoms with Gasteiger partial charge in [-0.1, -0.05) is 31.5 Å². The minimum Gasteiger partial charge on any atom is -0.497 e. The first-order chi connectivity index (χ1) is 16.5. The van der Waals surface area contributed by atoms with Crippen molar-refractivity contribution in [3.05, 3.63) is 83.4 Å². The minimum atomic E-state index is -0.360. The highest BCUT2D eigenvalue weighted by Crippen LogP contribution is 2.37. The van der Waals surface area contributed by atoms with Crippen LogP contribution in [-0.4, -0.2) is 42.3 Å². The molecule has 3 aromatic rings. The van der Waals surface area contributed by atoms with E-state index in [-0.39, 0.29) is 30.7 Å². The predicted octanol–water partition coefficient (Wildman–Crippen LogP) is 5.55. The zero-order chi connectivity index (χ0) is 24.1. The molecular weight excluding hydrogens is 433 g/mol. The van der Waals surface area contributed by atoms with E-state index in [4.69, 9.17) is 14.5 Å². The van der Waals surface area contributed by atoms with Gasteiger partial charge in [0.2, 0.25) is 0 Å². The molecule has 7 heteroatoms. The summed E-state index contributed by atoms with van der Waals surface area (Å²) in [6.07, 6.45) is 3.58. The van der Waals surface area contributed by atoms with Crippen LogP contribution >= 0.6 is 0 Å². The normalized spacial score (nSPS) is 14.4. The second-order valence-corrected chi connectivity index (χ2v) is 8.17. The van der Waals surface area contributed by atoms with Gasteiger partial charge in [-0.05, 0) is 42.8 Å². The molecule has 4 rings (SSSR count). The molecule has 6 nitrogen and oxygen atoms in total. The van der Waals surface area contributed by atoms with E-state index in [0.29, 0.717) is 22.6 Å². The maximum atomic E-state index is 14.6. The van der Waals surface area contributed by atoms with Gasteiger partial charge in [-0.2, -0.15) is 0 Å². The second kappa shape index (κ2) is 10.5. The first-order valence-electron chi connectivity index (χ1n) is 11.3. The van der Waals surface area contributed by atoms with Crippen molar-refractivity contribution < 1.29 is 18.7 Å². The molecule has 0 bridgehead atoms. The molecule has 0 spiro atoms. The summed E-state index contributed by atoms with van der Waals surface area (Å²) in [6.45, 7) is 2.45. The highest BCUT2D eigenvalue weighted by Gasteiger charge is 2.31. The van der Waals surface area contributed by atoms with Crippen molar-refractivity contribution in [1.82, 2.24) is 9.88 Å². The lowest BCUT2D eigenvalue weighted by atomic mass is 9.94. The quantitative estimate of drug-likeness (QED) is 0.419. The standard InChI is InChI=1S/C27H28FN3O3/c1-4-8-20-24(30-23-11-7-14-29-26(20)23)17-31(16-18-9-5-6-10-22(18)28)27(32)21-15-19(33-2)12-13-25(21)34-3/h5-7,9-15,20H,4,8,16-17H2,1-3H3. The largest absolute Gasteiger partial charge is 0.497 e. The van der Waals surface area contributed by atoms with E-state index < -0.39 is 0 Å². The summed E-state index contributed by atoms with van der Waals surface area (Å²) >= 11 is 0. The maximum absolute atomic E-state index is 14.6. The molecule has 1 aromatic heterocycles. The topological polar surface area (TPSA) is 64.0 Å². The van der Waals surface area contributed by atoms with E-state index in [1.807, 2.05) is 12.1 Å². The van der Waals surface area contributed by atoms with Crippen molar-refractivity contribution in [1.29, 1.82) is 0 Å². The monoisotopic (exact) mass is 461 g/mol. The third-order valence-electron chi connectivity index (χ3n) is 5.99. The van der Waals surface area contributed by atoms with Crippen LogP contribution in [0.2, 0.25) is 0 Å². The molecule has 1 aliphatic rings. The first-order valence-corrected chi connectivity index (χ1v) is 11.3.